The SMILES string of the molecule is CCCCC1=C(C(C)(C)C)C(=O)C(=O)C=C1C(C)(C)C. The quantitative estimate of drug-likeness (QED) is 0.555. The van der Waals surface area contributed by atoms with E-state index >= 15 is 0 Å². The summed E-state index contributed by atoms with van der Waals surface area (Å²) in [7, 11) is 0. The molecule has 0 radical (unpaired) electrons. The molecule has 20 heavy (non-hydrogen) atoms. The van der Waals surface area contributed by atoms with Crippen molar-refractivity contribution in [3.05, 3.63) is 22.8 Å². The van der Waals surface area contributed by atoms with Gasteiger partial charge in [0.1, 0.15) is 0 Å². The van der Waals surface area contributed by atoms with Gasteiger partial charge in [-0.2, -0.15) is 0 Å². The van der Waals surface area contributed by atoms with Crippen LogP contribution >= 0.6 is 0 Å². The van der Waals surface area contributed by atoms with Crippen molar-refractivity contribution in [2.75, 3.05) is 0 Å². The Bertz CT molecular complexity index is 477. The molecule has 0 spiro atoms. The molecule has 0 saturated carbocycles. The van der Waals surface area contributed by atoms with Gasteiger partial charge < -0.3 is 0 Å². The van der Waals surface area contributed by atoms with Crippen molar-refractivity contribution < 1.29 is 9.59 Å². The molecule has 1 aliphatic rings. The van der Waals surface area contributed by atoms with E-state index in [-0.39, 0.29) is 22.4 Å². The minimum Gasteiger partial charge on any atom is -0.286 e. The summed E-state index contributed by atoms with van der Waals surface area (Å²) in [4.78, 5) is 24.4. The van der Waals surface area contributed by atoms with Crippen LogP contribution in [0.5, 0.6) is 0 Å². The molecular formula is C18H28O2. The summed E-state index contributed by atoms with van der Waals surface area (Å²) in [5, 5.41) is 0. The second kappa shape index (κ2) is 5.67. The number of carbonyl (C=O) groups excluding carboxylic acids is 2. The van der Waals surface area contributed by atoms with Crippen molar-refractivity contribution in [3.63, 3.8) is 0 Å². The number of ketones is 2. The first kappa shape index (κ1) is 16.9. The van der Waals surface area contributed by atoms with E-state index in [2.05, 4.69) is 27.7 Å². The van der Waals surface area contributed by atoms with Gasteiger partial charge in [0.05, 0.1) is 0 Å². The second-order valence-electron chi connectivity index (χ2n) is 7.71. The Morgan fingerprint density at radius 2 is 1.50 bits per heavy atom. The molecule has 0 aliphatic heterocycles. The van der Waals surface area contributed by atoms with Crippen LogP contribution in [0.3, 0.4) is 0 Å². The first-order chi connectivity index (χ1) is 9.00. The van der Waals surface area contributed by atoms with Crippen LogP contribution in [0.25, 0.3) is 0 Å². The third-order valence-corrected chi connectivity index (χ3v) is 3.69. The van der Waals surface area contributed by atoms with Gasteiger partial charge in [-0.15, -0.1) is 0 Å². The molecule has 0 unspecified atom stereocenters. The summed E-state index contributed by atoms with van der Waals surface area (Å²) in [5.41, 5.74) is 2.47. The first-order valence-corrected chi connectivity index (χ1v) is 7.55. The fraction of sp³-hybridized carbons (Fsp3) is 0.667. The van der Waals surface area contributed by atoms with Crippen LogP contribution < -0.4 is 0 Å². The van der Waals surface area contributed by atoms with E-state index in [0.717, 1.165) is 36.0 Å². The van der Waals surface area contributed by atoms with E-state index < -0.39 is 0 Å². The van der Waals surface area contributed by atoms with Crippen molar-refractivity contribution in [3.8, 4) is 0 Å². The predicted molar refractivity (Wildman–Crippen MR) is 83.6 cm³/mol. The highest BCUT2D eigenvalue weighted by Gasteiger charge is 2.37. The Hall–Kier alpha value is -1.18. The van der Waals surface area contributed by atoms with Crippen LogP contribution in [0.1, 0.15) is 67.7 Å². The van der Waals surface area contributed by atoms with Crippen LogP contribution in [-0.2, 0) is 9.59 Å². The number of hydrogen-bond acceptors (Lipinski definition) is 2. The number of rotatable bonds is 3. The van der Waals surface area contributed by atoms with Gasteiger partial charge in [0.2, 0.25) is 11.6 Å². The standard InChI is InChI=1S/C18H28O2/c1-8-9-10-12-13(17(2,3)4)11-14(19)16(20)15(12)18(5,6)7/h11H,8-10H2,1-7H3. The highest BCUT2D eigenvalue weighted by atomic mass is 16.2. The lowest BCUT2D eigenvalue weighted by molar-refractivity contribution is -0.132. The average molecular weight is 276 g/mol. The Kier molecular flexibility index (Phi) is 4.78. The normalized spacial score (nSPS) is 17.6. The van der Waals surface area contributed by atoms with E-state index in [1.165, 1.54) is 0 Å². The van der Waals surface area contributed by atoms with E-state index in [1.54, 1.807) is 6.08 Å². The molecule has 0 aromatic rings. The highest BCUT2D eigenvalue weighted by molar-refractivity contribution is 6.49. The second-order valence-corrected chi connectivity index (χ2v) is 7.71. The molecule has 0 N–H and O–H groups in total. The van der Waals surface area contributed by atoms with Crippen molar-refractivity contribution in [1.29, 1.82) is 0 Å². The maximum Gasteiger partial charge on any atom is 0.229 e. The predicted octanol–water partition coefficient (Wildman–Crippen LogP) is 4.64. The molecule has 0 aromatic carbocycles. The molecule has 0 heterocycles. The van der Waals surface area contributed by atoms with Gasteiger partial charge in [0.25, 0.3) is 0 Å². The van der Waals surface area contributed by atoms with Crippen molar-refractivity contribution in [2.45, 2.75) is 67.7 Å². The zero-order chi connectivity index (χ0) is 15.7. The molecule has 1 rings (SSSR count). The van der Waals surface area contributed by atoms with E-state index in [0.29, 0.717) is 0 Å². The molecule has 0 bridgehead atoms. The van der Waals surface area contributed by atoms with Crippen molar-refractivity contribution in [2.24, 2.45) is 10.8 Å². The number of Topliss-reactive ketones (excluding diaryl/α,β-unsaturated/α-hetero) is 1. The van der Waals surface area contributed by atoms with Crippen LogP contribution in [0.4, 0.5) is 0 Å². The Labute approximate surface area is 123 Å². The number of carbonyl (C=O) groups is 2. The molecule has 0 atom stereocenters. The van der Waals surface area contributed by atoms with Gasteiger partial charge >= 0.3 is 0 Å². The number of unbranched alkanes of at least 4 members (excludes halogenated alkanes) is 1. The average Bonchev–Trinajstić information content (AvgIpc) is 2.26. The Morgan fingerprint density at radius 1 is 0.950 bits per heavy atom. The lowest BCUT2D eigenvalue weighted by Crippen LogP contribution is -2.32. The molecular weight excluding hydrogens is 248 g/mol. The Morgan fingerprint density at radius 3 is 1.90 bits per heavy atom. The number of allylic oxidation sites excluding steroid dienone is 4. The van der Waals surface area contributed by atoms with Crippen LogP contribution in [0.2, 0.25) is 0 Å². The zero-order valence-corrected chi connectivity index (χ0v) is 14.0. The lowest BCUT2D eigenvalue weighted by Gasteiger charge is -2.34. The molecule has 2 heteroatoms. The zero-order valence-electron chi connectivity index (χ0n) is 14.0. The van der Waals surface area contributed by atoms with E-state index in [4.69, 9.17) is 0 Å². The Balaban J connectivity index is 3.51. The summed E-state index contributed by atoms with van der Waals surface area (Å²) < 4.78 is 0. The smallest absolute Gasteiger partial charge is 0.229 e. The van der Waals surface area contributed by atoms with Gasteiger partial charge in [-0.3, -0.25) is 9.59 Å². The minimum atomic E-state index is -0.361. The van der Waals surface area contributed by atoms with E-state index in [1.807, 2.05) is 20.8 Å². The van der Waals surface area contributed by atoms with Gasteiger partial charge in [0, 0.05) is 5.57 Å². The minimum absolute atomic E-state index is 0.115. The first-order valence-electron chi connectivity index (χ1n) is 7.55. The monoisotopic (exact) mass is 276 g/mol. The largest absolute Gasteiger partial charge is 0.286 e. The molecule has 0 saturated heterocycles. The summed E-state index contributed by atoms with van der Waals surface area (Å²) in [6.45, 7) is 14.5. The third kappa shape index (κ3) is 3.47. The van der Waals surface area contributed by atoms with Crippen molar-refractivity contribution >= 4 is 11.6 Å². The van der Waals surface area contributed by atoms with Gasteiger partial charge in [-0.05, 0) is 40.9 Å². The third-order valence-electron chi connectivity index (χ3n) is 3.69. The summed E-state index contributed by atoms with van der Waals surface area (Å²) in [6.07, 6.45) is 4.58. The summed E-state index contributed by atoms with van der Waals surface area (Å²) >= 11 is 0. The maximum absolute atomic E-state index is 12.4. The van der Waals surface area contributed by atoms with Crippen molar-refractivity contribution in [1.82, 2.24) is 0 Å². The molecule has 0 fully saturated rings. The molecule has 0 aromatic heterocycles. The summed E-state index contributed by atoms with van der Waals surface area (Å²) in [6, 6.07) is 0. The summed E-state index contributed by atoms with van der Waals surface area (Å²) in [5.74, 6) is -0.670. The van der Waals surface area contributed by atoms with Crippen LogP contribution in [0.15, 0.2) is 22.8 Å². The van der Waals surface area contributed by atoms with Gasteiger partial charge in [0.15, 0.2) is 0 Å². The lowest BCUT2D eigenvalue weighted by atomic mass is 9.69. The van der Waals surface area contributed by atoms with E-state index in [9.17, 15) is 9.59 Å². The highest BCUT2D eigenvalue weighted by Crippen LogP contribution is 2.42. The van der Waals surface area contributed by atoms with Crippen LogP contribution in [0, 0.1) is 10.8 Å². The molecule has 112 valence electrons. The maximum atomic E-state index is 12.4. The molecule has 2 nitrogen and oxygen atoms in total. The molecule has 0 amide bonds. The fourth-order valence-corrected chi connectivity index (χ4v) is 2.75. The van der Waals surface area contributed by atoms with Crippen LogP contribution in [-0.4, -0.2) is 11.6 Å². The molecule has 1 aliphatic carbocycles. The number of hydrogen-bond donors (Lipinski definition) is 0. The van der Waals surface area contributed by atoms with Gasteiger partial charge in [-0.25, -0.2) is 0 Å². The fourth-order valence-electron chi connectivity index (χ4n) is 2.75. The van der Waals surface area contributed by atoms with Gasteiger partial charge in [-0.1, -0.05) is 54.9 Å². The topological polar surface area (TPSA) is 34.1 Å².